The zero-order valence-corrected chi connectivity index (χ0v) is 16.5. The standard InChI is InChI=1S/C23H26N4O/c1-16-4-7-18(12-23(16)28)25-22-15-27(14-21-20(22)10-11-24-21)19-8-5-17(6-9-19)13-26(2)3/h4-12,15,24-25,28H,13-14H2,1-3H3. The number of nitrogens with one attached hydrogen (secondary N) is 2. The number of aromatic hydroxyl groups is 1. The molecule has 1 aromatic heterocycles. The third kappa shape index (κ3) is 3.75. The Hall–Kier alpha value is -3.18. The van der Waals surface area contributed by atoms with E-state index >= 15 is 0 Å². The van der Waals surface area contributed by atoms with Gasteiger partial charge in [0.1, 0.15) is 5.75 Å². The van der Waals surface area contributed by atoms with Crippen LogP contribution in [-0.2, 0) is 13.1 Å². The number of aryl methyl sites for hydroxylation is 1. The molecule has 0 spiro atoms. The molecule has 0 saturated heterocycles. The molecule has 3 aromatic rings. The number of rotatable bonds is 5. The number of aromatic amines is 1. The zero-order valence-electron chi connectivity index (χ0n) is 16.5. The Morgan fingerprint density at radius 1 is 1.11 bits per heavy atom. The highest BCUT2D eigenvalue weighted by molar-refractivity contribution is 5.82. The minimum atomic E-state index is 0.295. The number of anilines is 2. The van der Waals surface area contributed by atoms with Gasteiger partial charge in [0.2, 0.25) is 0 Å². The quantitative estimate of drug-likeness (QED) is 0.615. The normalized spacial score (nSPS) is 13.4. The summed E-state index contributed by atoms with van der Waals surface area (Å²) in [6, 6.07) is 16.4. The summed E-state index contributed by atoms with van der Waals surface area (Å²) in [4.78, 5) is 7.75. The van der Waals surface area contributed by atoms with E-state index in [1.54, 1.807) is 6.07 Å². The molecule has 2 aromatic carbocycles. The van der Waals surface area contributed by atoms with Crippen molar-refractivity contribution in [3.05, 3.63) is 83.3 Å². The first kappa shape index (κ1) is 18.2. The maximum atomic E-state index is 10.0. The van der Waals surface area contributed by atoms with E-state index in [2.05, 4.69) is 70.7 Å². The van der Waals surface area contributed by atoms with Gasteiger partial charge >= 0.3 is 0 Å². The highest BCUT2D eigenvalue weighted by Gasteiger charge is 2.19. The van der Waals surface area contributed by atoms with Crippen LogP contribution in [0.5, 0.6) is 5.75 Å². The monoisotopic (exact) mass is 374 g/mol. The van der Waals surface area contributed by atoms with E-state index in [0.717, 1.165) is 41.3 Å². The molecule has 0 radical (unpaired) electrons. The fourth-order valence-corrected chi connectivity index (χ4v) is 3.49. The molecule has 0 aliphatic carbocycles. The molecule has 4 rings (SSSR count). The van der Waals surface area contributed by atoms with E-state index in [1.807, 2.05) is 25.3 Å². The highest BCUT2D eigenvalue weighted by atomic mass is 16.3. The first-order chi connectivity index (χ1) is 13.5. The van der Waals surface area contributed by atoms with E-state index in [-0.39, 0.29) is 0 Å². The van der Waals surface area contributed by atoms with Crippen molar-refractivity contribution in [2.75, 3.05) is 24.3 Å². The molecule has 5 nitrogen and oxygen atoms in total. The lowest BCUT2D eigenvalue weighted by molar-refractivity contribution is 0.402. The van der Waals surface area contributed by atoms with Crippen molar-refractivity contribution in [1.82, 2.24) is 9.88 Å². The second-order valence-corrected chi connectivity index (χ2v) is 7.57. The molecule has 144 valence electrons. The van der Waals surface area contributed by atoms with Crippen LogP contribution in [0.1, 0.15) is 22.4 Å². The molecule has 2 heterocycles. The molecule has 5 heteroatoms. The average molecular weight is 374 g/mol. The van der Waals surface area contributed by atoms with Gasteiger partial charge in [-0.05, 0) is 56.4 Å². The largest absolute Gasteiger partial charge is 0.508 e. The Morgan fingerprint density at radius 3 is 2.61 bits per heavy atom. The predicted octanol–water partition coefficient (Wildman–Crippen LogP) is 4.52. The van der Waals surface area contributed by atoms with Gasteiger partial charge in [-0.15, -0.1) is 0 Å². The van der Waals surface area contributed by atoms with Crippen molar-refractivity contribution < 1.29 is 5.11 Å². The Balaban J connectivity index is 1.62. The molecule has 1 aliphatic rings. The third-order valence-corrected chi connectivity index (χ3v) is 4.99. The van der Waals surface area contributed by atoms with Crippen LogP contribution in [-0.4, -0.2) is 29.1 Å². The molecule has 1 aliphatic heterocycles. The zero-order chi connectivity index (χ0) is 19.7. The molecule has 0 atom stereocenters. The lowest BCUT2D eigenvalue weighted by atomic mass is 10.1. The number of hydrogen-bond acceptors (Lipinski definition) is 4. The van der Waals surface area contributed by atoms with Crippen LogP contribution in [0.25, 0.3) is 5.70 Å². The average Bonchev–Trinajstić information content (AvgIpc) is 3.14. The van der Waals surface area contributed by atoms with Gasteiger partial charge < -0.3 is 25.2 Å². The summed E-state index contributed by atoms with van der Waals surface area (Å²) < 4.78 is 0. The van der Waals surface area contributed by atoms with Crippen LogP contribution in [0.2, 0.25) is 0 Å². The number of phenols is 1. The highest BCUT2D eigenvalue weighted by Crippen LogP contribution is 2.32. The van der Waals surface area contributed by atoms with E-state index < -0.39 is 0 Å². The van der Waals surface area contributed by atoms with Crippen molar-refractivity contribution in [1.29, 1.82) is 0 Å². The Kier molecular flexibility index (Phi) is 4.84. The van der Waals surface area contributed by atoms with Crippen molar-refractivity contribution in [2.24, 2.45) is 0 Å². The van der Waals surface area contributed by atoms with Gasteiger partial charge in [0, 0.05) is 47.6 Å². The fourth-order valence-electron chi connectivity index (χ4n) is 3.49. The summed E-state index contributed by atoms with van der Waals surface area (Å²) >= 11 is 0. The van der Waals surface area contributed by atoms with Crippen LogP contribution < -0.4 is 10.2 Å². The second-order valence-electron chi connectivity index (χ2n) is 7.57. The number of hydrogen-bond donors (Lipinski definition) is 3. The minimum Gasteiger partial charge on any atom is -0.508 e. The van der Waals surface area contributed by atoms with Crippen LogP contribution in [0.4, 0.5) is 11.4 Å². The van der Waals surface area contributed by atoms with E-state index in [1.165, 1.54) is 11.3 Å². The van der Waals surface area contributed by atoms with Crippen LogP contribution in [0.3, 0.4) is 0 Å². The SMILES string of the molecule is Cc1ccc(NC2=CN(c3ccc(CN(C)C)cc3)Cc3[nH]ccc32)cc1O. The summed E-state index contributed by atoms with van der Waals surface area (Å²) in [6.07, 6.45) is 4.10. The van der Waals surface area contributed by atoms with Crippen LogP contribution in [0.15, 0.2) is 60.9 Å². The number of aromatic nitrogens is 1. The summed E-state index contributed by atoms with van der Waals surface area (Å²) in [6.45, 7) is 3.62. The van der Waals surface area contributed by atoms with Gasteiger partial charge in [0.15, 0.2) is 0 Å². The molecular weight excluding hydrogens is 348 g/mol. The number of benzene rings is 2. The van der Waals surface area contributed by atoms with E-state index in [0.29, 0.717) is 5.75 Å². The molecule has 0 fully saturated rings. The third-order valence-electron chi connectivity index (χ3n) is 4.99. The number of nitrogens with zero attached hydrogens (tertiary/aromatic N) is 2. The maximum absolute atomic E-state index is 10.0. The topological polar surface area (TPSA) is 54.5 Å². The van der Waals surface area contributed by atoms with Gasteiger partial charge in [-0.3, -0.25) is 0 Å². The lowest BCUT2D eigenvalue weighted by Gasteiger charge is -2.28. The molecule has 3 N–H and O–H groups in total. The van der Waals surface area contributed by atoms with Crippen molar-refractivity contribution in [3.63, 3.8) is 0 Å². The van der Waals surface area contributed by atoms with Crippen molar-refractivity contribution in [2.45, 2.75) is 20.0 Å². The smallest absolute Gasteiger partial charge is 0.120 e. The van der Waals surface area contributed by atoms with Gasteiger partial charge in [-0.2, -0.15) is 0 Å². The minimum absolute atomic E-state index is 0.295. The Bertz CT molecular complexity index is 1000. The van der Waals surface area contributed by atoms with Crippen LogP contribution >= 0.6 is 0 Å². The molecular formula is C23H26N4O. The number of fused-ring (bicyclic) bond motifs is 1. The summed E-state index contributed by atoms with van der Waals surface area (Å²) in [5, 5.41) is 13.5. The van der Waals surface area contributed by atoms with Gasteiger partial charge in [-0.25, -0.2) is 0 Å². The summed E-state index contributed by atoms with van der Waals surface area (Å²) in [5.74, 6) is 0.295. The lowest BCUT2D eigenvalue weighted by Crippen LogP contribution is -2.23. The first-order valence-corrected chi connectivity index (χ1v) is 9.45. The maximum Gasteiger partial charge on any atom is 0.120 e. The molecule has 28 heavy (non-hydrogen) atoms. The van der Waals surface area contributed by atoms with Crippen molar-refractivity contribution in [3.8, 4) is 5.75 Å². The van der Waals surface area contributed by atoms with E-state index in [4.69, 9.17) is 0 Å². The van der Waals surface area contributed by atoms with E-state index in [9.17, 15) is 5.11 Å². The second kappa shape index (κ2) is 7.44. The van der Waals surface area contributed by atoms with Gasteiger partial charge in [0.25, 0.3) is 0 Å². The fraction of sp³-hybridized carbons (Fsp3) is 0.217. The first-order valence-electron chi connectivity index (χ1n) is 9.45. The number of phenolic OH excluding ortho intramolecular Hbond substituents is 1. The van der Waals surface area contributed by atoms with Gasteiger partial charge in [-0.1, -0.05) is 18.2 Å². The molecule has 0 bridgehead atoms. The summed E-state index contributed by atoms with van der Waals surface area (Å²) in [7, 11) is 4.16. The predicted molar refractivity (Wildman–Crippen MR) is 115 cm³/mol. The van der Waals surface area contributed by atoms with Gasteiger partial charge in [0.05, 0.1) is 12.2 Å². The number of H-pyrrole nitrogens is 1. The molecule has 0 saturated carbocycles. The Labute approximate surface area is 165 Å². The summed E-state index contributed by atoms with van der Waals surface area (Å²) in [5.41, 5.74) is 7.49. The van der Waals surface area contributed by atoms with Crippen LogP contribution in [0, 0.1) is 6.92 Å². The molecule has 0 unspecified atom stereocenters. The Morgan fingerprint density at radius 2 is 1.89 bits per heavy atom. The van der Waals surface area contributed by atoms with Crippen molar-refractivity contribution >= 4 is 17.1 Å². The molecule has 0 amide bonds.